The Morgan fingerprint density at radius 2 is 2.05 bits per heavy atom. The van der Waals surface area contributed by atoms with Gasteiger partial charge in [0.15, 0.2) is 0 Å². The van der Waals surface area contributed by atoms with Crippen LogP contribution >= 0.6 is 0 Å². The lowest BCUT2D eigenvalue weighted by Crippen LogP contribution is -2.52. The molecule has 1 rings (SSSR count). The fourth-order valence-corrected chi connectivity index (χ4v) is 2.34. The molecule has 0 aliphatic carbocycles. The Morgan fingerprint density at radius 1 is 1.42 bits per heavy atom. The van der Waals surface area contributed by atoms with Crippen molar-refractivity contribution in [2.45, 2.75) is 50.7 Å². The molecule has 0 saturated carbocycles. The Balaban J connectivity index is 2.63. The van der Waals surface area contributed by atoms with Gasteiger partial charge in [-0.1, -0.05) is 0 Å². The lowest BCUT2D eigenvalue weighted by molar-refractivity contribution is -0.145. The summed E-state index contributed by atoms with van der Waals surface area (Å²) >= 11 is 0. The third-order valence-electron chi connectivity index (χ3n) is 3.26. The van der Waals surface area contributed by atoms with Gasteiger partial charge in [-0.3, -0.25) is 9.59 Å². The van der Waals surface area contributed by atoms with Gasteiger partial charge in [0.25, 0.3) is 0 Å². The lowest BCUT2D eigenvalue weighted by atomic mass is 9.88. The van der Waals surface area contributed by atoms with Crippen LogP contribution in [0.4, 0.5) is 0 Å². The van der Waals surface area contributed by atoms with E-state index in [1.165, 1.54) is 11.9 Å². The van der Waals surface area contributed by atoms with Crippen LogP contribution in [-0.4, -0.2) is 58.3 Å². The molecule has 1 atom stereocenters. The average molecular weight is 272 g/mol. The summed E-state index contributed by atoms with van der Waals surface area (Å²) in [6.45, 7) is 3.86. The fraction of sp³-hybridized carbons (Fsp3) is 0.846. The van der Waals surface area contributed by atoms with Crippen molar-refractivity contribution in [2.75, 3.05) is 20.1 Å². The number of piperidine rings is 1. The molecule has 1 aliphatic heterocycles. The number of carbonyl (C=O) groups is 2. The summed E-state index contributed by atoms with van der Waals surface area (Å²) in [5, 5.41) is 22.5. The van der Waals surface area contributed by atoms with Gasteiger partial charge in [-0.25, -0.2) is 0 Å². The third-order valence-corrected chi connectivity index (χ3v) is 3.26. The highest BCUT2D eigenvalue weighted by molar-refractivity contribution is 5.78. The molecule has 1 saturated heterocycles. The molecule has 1 aliphatic rings. The summed E-state index contributed by atoms with van der Waals surface area (Å²) in [5.41, 5.74) is -2.22. The molecule has 0 aromatic heterocycles. The van der Waals surface area contributed by atoms with Crippen molar-refractivity contribution in [3.63, 3.8) is 0 Å². The number of nitrogens with zero attached hydrogens (tertiary/aromatic N) is 1. The first-order valence-electron chi connectivity index (χ1n) is 6.58. The van der Waals surface area contributed by atoms with Gasteiger partial charge in [0.1, 0.15) is 0 Å². The molecule has 0 aromatic carbocycles. The maximum Gasteiger partial charge on any atom is 0.225 e. The van der Waals surface area contributed by atoms with Gasteiger partial charge >= 0.3 is 0 Å². The number of aliphatic hydroxyl groups is 2. The quantitative estimate of drug-likeness (QED) is 0.652. The van der Waals surface area contributed by atoms with Gasteiger partial charge < -0.3 is 20.4 Å². The molecule has 0 bridgehead atoms. The second-order valence-electron chi connectivity index (χ2n) is 5.98. The van der Waals surface area contributed by atoms with Gasteiger partial charge in [-0.15, -0.1) is 0 Å². The summed E-state index contributed by atoms with van der Waals surface area (Å²) < 4.78 is 0. The van der Waals surface area contributed by atoms with Crippen LogP contribution in [0.3, 0.4) is 0 Å². The maximum absolute atomic E-state index is 12.0. The summed E-state index contributed by atoms with van der Waals surface area (Å²) in [7, 11) is 1.52. The molecule has 1 unspecified atom stereocenters. The number of rotatable bonds is 4. The number of hydrogen-bond donors (Lipinski definition) is 3. The molecule has 1 fully saturated rings. The highest BCUT2D eigenvalue weighted by atomic mass is 16.3. The van der Waals surface area contributed by atoms with Gasteiger partial charge in [0.2, 0.25) is 11.8 Å². The second kappa shape index (κ2) is 5.88. The number of nitrogens with one attached hydrogen (secondary N) is 1. The molecule has 110 valence electrons. The molecule has 6 heteroatoms. The van der Waals surface area contributed by atoms with Crippen molar-refractivity contribution < 1.29 is 19.8 Å². The first kappa shape index (κ1) is 15.9. The van der Waals surface area contributed by atoms with Gasteiger partial charge in [0.05, 0.1) is 24.0 Å². The molecule has 0 aromatic rings. The standard InChI is InChI=1S/C13H24N2O4/c1-12(2,18)8-11(17)15-6-4-5-13(19,9-15)7-10(16)14-3/h18-19H,4-9H2,1-3H3,(H,14,16). The van der Waals surface area contributed by atoms with Crippen LogP contribution in [0.1, 0.15) is 39.5 Å². The van der Waals surface area contributed by atoms with Crippen molar-refractivity contribution in [1.29, 1.82) is 0 Å². The number of likely N-dealkylation sites (tertiary alicyclic amines) is 1. The van der Waals surface area contributed by atoms with Crippen LogP contribution in [0.5, 0.6) is 0 Å². The molecule has 19 heavy (non-hydrogen) atoms. The van der Waals surface area contributed by atoms with Gasteiger partial charge in [0, 0.05) is 20.1 Å². The second-order valence-corrected chi connectivity index (χ2v) is 5.98. The zero-order valence-electron chi connectivity index (χ0n) is 11.9. The molecule has 3 N–H and O–H groups in total. The van der Waals surface area contributed by atoms with Crippen LogP contribution in [0.15, 0.2) is 0 Å². The first-order chi connectivity index (χ1) is 8.65. The van der Waals surface area contributed by atoms with Gasteiger partial charge in [-0.05, 0) is 26.7 Å². The van der Waals surface area contributed by atoms with E-state index < -0.39 is 11.2 Å². The van der Waals surface area contributed by atoms with Crippen molar-refractivity contribution in [1.82, 2.24) is 10.2 Å². The van der Waals surface area contributed by atoms with Crippen molar-refractivity contribution in [3.8, 4) is 0 Å². The van der Waals surface area contributed by atoms with Crippen LogP contribution in [0.2, 0.25) is 0 Å². The molecule has 6 nitrogen and oxygen atoms in total. The summed E-state index contributed by atoms with van der Waals surface area (Å²) in [6.07, 6.45) is 1.18. The van der Waals surface area contributed by atoms with E-state index in [4.69, 9.17) is 0 Å². The summed E-state index contributed by atoms with van der Waals surface area (Å²) in [6, 6.07) is 0. The Labute approximate surface area is 113 Å². The Hall–Kier alpha value is -1.14. The van der Waals surface area contributed by atoms with E-state index in [0.29, 0.717) is 19.4 Å². The van der Waals surface area contributed by atoms with Crippen LogP contribution in [0, 0.1) is 0 Å². The van der Waals surface area contributed by atoms with E-state index in [9.17, 15) is 19.8 Å². The zero-order chi connectivity index (χ0) is 14.7. The minimum Gasteiger partial charge on any atom is -0.390 e. The Morgan fingerprint density at radius 3 is 2.58 bits per heavy atom. The van der Waals surface area contributed by atoms with Crippen molar-refractivity contribution in [2.24, 2.45) is 0 Å². The number of hydrogen-bond acceptors (Lipinski definition) is 4. The number of amides is 2. The van der Waals surface area contributed by atoms with E-state index in [1.54, 1.807) is 13.8 Å². The largest absolute Gasteiger partial charge is 0.390 e. The monoisotopic (exact) mass is 272 g/mol. The predicted molar refractivity (Wildman–Crippen MR) is 70.4 cm³/mol. The smallest absolute Gasteiger partial charge is 0.225 e. The molecule has 1 heterocycles. The lowest BCUT2D eigenvalue weighted by Gasteiger charge is -2.39. The third kappa shape index (κ3) is 5.16. The highest BCUT2D eigenvalue weighted by Crippen LogP contribution is 2.25. The van der Waals surface area contributed by atoms with Crippen molar-refractivity contribution >= 4 is 11.8 Å². The molecule has 0 spiro atoms. The summed E-state index contributed by atoms with van der Waals surface area (Å²) in [4.78, 5) is 24.9. The fourth-order valence-electron chi connectivity index (χ4n) is 2.34. The molecular formula is C13H24N2O4. The van der Waals surface area contributed by atoms with E-state index in [0.717, 1.165) is 0 Å². The Kier molecular flexibility index (Phi) is 4.92. The van der Waals surface area contributed by atoms with Crippen LogP contribution in [0.25, 0.3) is 0 Å². The number of β-amino-alcohol motifs (C(OH)–C–C–N with tert-alkyl or cyclic N) is 1. The van der Waals surface area contributed by atoms with E-state index in [1.807, 2.05) is 0 Å². The SMILES string of the molecule is CNC(=O)CC1(O)CCCN(C(=O)CC(C)(C)O)C1. The molecule has 2 amide bonds. The highest BCUT2D eigenvalue weighted by Gasteiger charge is 2.37. The van der Waals surface area contributed by atoms with E-state index in [2.05, 4.69) is 5.32 Å². The minimum absolute atomic E-state index is 0.00417. The van der Waals surface area contributed by atoms with Crippen molar-refractivity contribution in [3.05, 3.63) is 0 Å². The average Bonchev–Trinajstić information content (AvgIpc) is 2.26. The minimum atomic E-state index is -1.16. The van der Waals surface area contributed by atoms with E-state index in [-0.39, 0.29) is 31.2 Å². The van der Waals surface area contributed by atoms with Crippen LogP contribution in [-0.2, 0) is 9.59 Å². The molecule has 0 radical (unpaired) electrons. The summed E-state index contributed by atoms with van der Waals surface area (Å²) in [5.74, 6) is -0.429. The normalized spacial score (nSPS) is 24.2. The predicted octanol–water partition coefficient (Wildman–Crippen LogP) is -0.363. The van der Waals surface area contributed by atoms with Crippen LogP contribution < -0.4 is 5.32 Å². The van der Waals surface area contributed by atoms with Gasteiger partial charge in [-0.2, -0.15) is 0 Å². The maximum atomic E-state index is 12.0. The zero-order valence-corrected chi connectivity index (χ0v) is 11.9. The Bertz CT molecular complexity index is 351. The number of carbonyl (C=O) groups excluding carboxylic acids is 2. The first-order valence-corrected chi connectivity index (χ1v) is 6.58. The molecular weight excluding hydrogens is 248 g/mol. The van der Waals surface area contributed by atoms with E-state index >= 15 is 0 Å². The topological polar surface area (TPSA) is 89.9 Å².